The lowest BCUT2D eigenvalue weighted by Gasteiger charge is -2.30. The van der Waals surface area contributed by atoms with Gasteiger partial charge in [0.25, 0.3) is 0 Å². The van der Waals surface area contributed by atoms with Crippen molar-refractivity contribution in [3.05, 3.63) is 49.2 Å². The molecule has 0 aliphatic carbocycles. The van der Waals surface area contributed by atoms with Crippen molar-refractivity contribution >= 4 is 6.09 Å². The lowest BCUT2D eigenvalue weighted by Crippen LogP contribution is -2.39. The van der Waals surface area contributed by atoms with E-state index in [9.17, 15) is 4.79 Å². The maximum absolute atomic E-state index is 11.9. The van der Waals surface area contributed by atoms with Crippen molar-refractivity contribution in [1.82, 2.24) is 45.1 Å². The molecule has 0 saturated carbocycles. The molecule has 1 fully saturated rings. The van der Waals surface area contributed by atoms with Gasteiger partial charge < -0.3 is 14.4 Å². The molecule has 156 valence electrons. The molecule has 0 aromatic carbocycles. The van der Waals surface area contributed by atoms with Gasteiger partial charge in [0, 0.05) is 13.1 Å². The fourth-order valence-corrected chi connectivity index (χ4v) is 3.07. The van der Waals surface area contributed by atoms with Crippen molar-refractivity contribution in [2.75, 3.05) is 19.7 Å². The normalized spacial score (nSPS) is 14.5. The second kappa shape index (κ2) is 9.11. The average Bonchev–Trinajstić information content (AvgIpc) is 3.49. The second-order valence-corrected chi connectivity index (χ2v) is 6.64. The van der Waals surface area contributed by atoms with Crippen LogP contribution in [0.2, 0.25) is 0 Å². The van der Waals surface area contributed by atoms with Crippen LogP contribution >= 0.6 is 0 Å². The van der Waals surface area contributed by atoms with Crippen LogP contribution in [0.4, 0.5) is 4.79 Å². The van der Waals surface area contributed by atoms with E-state index in [0.29, 0.717) is 30.4 Å². The van der Waals surface area contributed by atoms with E-state index in [0.717, 1.165) is 12.8 Å². The molecule has 0 radical (unpaired) electrons. The molecular weight excluding hydrogens is 390 g/mol. The van der Waals surface area contributed by atoms with E-state index < -0.39 is 0 Å². The number of pyridine rings is 1. The fraction of sp³-hybridized carbons (Fsp3) is 0.389. The molecular formula is C18H21N9O3. The number of rotatable bonds is 7. The molecule has 1 aliphatic rings. The first-order chi connectivity index (χ1) is 14.7. The standard InChI is InChI=1S/C18H21N9O3/c1-2-9-29-18(28)25-7-5-15(6-8-25)27-21-10-14(22-27)12-30-16-3-4-17(19-11-16)26-13-20-23-24-26/h2-4,10-11,13,15H,1,5-9,12H2. The van der Waals surface area contributed by atoms with Crippen molar-refractivity contribution in [2.24, 2.45) is 0 Å². The van der Waals surface area contributed by atoms with E-state index in [4.69, 9.17) is 9.47 Å². The fourth-order valence-electron chi connectivity index (χ4n) is 3.07. The lowest BCUT2D eigenvalue weighted by atomic mass is 10.1. The van der Waals surface area contributed by atoms with Crippen LogP contribution in [0.1, 0.15) is 24.6 Å². The Morgan fingerprint density at radius 1 is 1.27 bits per heavy atom. The molecule has 12 heteroatoms. The molecule has 3 aromatic heterocycles. The maximum Gasteiger partial charge on any atom is 0.410 e. The first-order valence-electron chi connectivity index (χ1n) is 9.48. The summed E-state index contributed by atoms with van der Waals surface area (Å²) in [6.07, 6.45) is 7.53. The summed E-state index contributed by atoms with van der Waals surface area (Å²) in [7, 11) is 0. The Labute approximate surface area is 172 Å². The maximum atomic E-state index is 11.9. The quantitative estimate of drug-likeness (QED) is 0.527. The molecule has 1 aliphatic heterocycles. The van der Waals surface area contributed by atoms with E-state index in [2.05, 4.69) is 37.3 Å². The van der Waals surface area contributed by atoms with E-state index in [1.54, 1.807) is 40.3 Å². The van der Waals surface area contributed by atoms with Crippen molar-refractivity contribution in [3.63, 3.8) is 0 Å². The van der Waals surface area contributed by atoms with Gasteiger partial charge in [-0.15, -0.1) is 5.10 Å². The molecule has 30 heavy (non-hydrogen) atoms. The van der Waals surface area contributed by atoms with E-state index in [1.807, 2.05) is 0 Å². The van der Waals surface area contributed by atoms with E-state index in [1.165, 1.54) is 11.0 Å². The monoisotopic (exact) mass is 411 g/mol. The minimum Gasteiger partial charge on any atom is -0.486 e. The third-order valence-corrected chi connectivity index (χ3v) is 4.62. The summed E-state index contributed by atoms with van der Waals surface area (Å²) in [5.74, 6) is 1.20. The Balaban J connectivity index is 1.26. The number of piperidine rings is 1. The number of aromatic nitrogens is 8. The number of hydrogen-bond acceptors (Lipinski definition) is 9. The molecule has 4 heterocycles. The lowest BCUT2D eigenvalue weighted by molar-refractivity contribution is 0.0942. The Hall–Kier alpha value is -3.83. The highest BCUT2D eigenvalue weighted by Gasteiger charge is 2.25. The van der Waals surface area contributed by atoms with Crippen molar-refractivity contribution < 1.29 is 14.3 Å². The predicted molar refractivity (Wildman–Crippen MR) is 103 cm³/mol. The smallest absolute Gasteiger partial charge is 0.410 e. The predicted octanol–water partition coefficient (Wildman–Crippen LogP) is 1.19. The van der Waals surface area contributed by atoms with Crippen molar-refractivity contribution in [3.8, 4) is 11.6 Å². The Morgan fingerprint density at radius 2 is 2.13 bits per heavy atom. The number of carbonyl (C=O) groups excluding carboxylic acids is 1. The third kappa shape index (κ3) is 4.59. The number of ether oxygens (including phenoxy) is 2. The molecule has 0 atom stereocenters. The molecule has 0 unspecified atom stereocenters. The van der Waals surface area contributed by atoms with Crippen LogP contribution in [-0.2, 0) is 11.3 Å². The number of likely N-dealkylation sites (tertiary alicyclic amines) is 1. The SMILES string of the molecule is C=CCOC(=O)N1CCC(n2ncc(COc3ccc(-n4cnnn4)nc3)n2)CC1. The van der Waals surface area contributed by atoms with Crippen LogP contribution in [-0.4, -0.2) is 70.9 Å². The van der Waals surface area contributed by atoms with Gasteiger partial charge in [0.2, 0.25) is 0 Å². The van der Waals surface area contributed by atoms with Gasteiger partial charge in [-0.2, -0.15) is 19.7 Å². The van der Waals surface area contributed by atoms with Crippen LogP contribution < -0.4 is 4.74 Å². The zero-order valence-electron chi connectivity index (χ0n) is 16.2. The van der Waals surface area contributed by atoms with Crippen LogP contribution in [0.15, 0.2) is 43.5 Å². The topological polar surface area (TPSA) is 126 Å². The summed E-state index contributed by atoms with van der Waals surface area (Å²) in [6, 6.07) is 3.69. The first kappa shape index (κ1) is 19.5. The summed E-state index contributed by atoms with van der Waals surface area (Å²) in [6.45, 7) is 5.25. The van der Waals surface area contributed by atoms with Crippen molar-refractivity contribution in [1.29, 1.82) is 0 Å². The highest BCUT2D eigenvalue weighted by Crippen LogP contribution is 2.21. The number of amides is 1. The Kier molecular flexibility index (Phi) is 5.92. The van der Waals surface area contributed by atoms with Gasteiger partial charge in [0.05, 0.1) is 18.4 Å². The van der Waals surface area contributed by atoms with Gasteiger partial charge in [0.1, 0.15) is 31.0 Å². The molecule has 0 bridgehead atoms. The average molecular weight is 411 g/mol. The summed E-state index contributed by atoms with van der Waals surface area (Å²) < 4.78 is 12.3. The molecule has 4 rings (SSSR count). The number of tetrazole rings is 1. The summed E-state index contributed by atoms with van der Waals surface area (Å²) >= 11 is 0. The summed E-state index contributed by atoms with van der Waals surface area (Å²) in [5.41, 5.74) is 0.715. The van der Waals surface area contributed by atoms with Crippen LogP contribution in [0.5, 0.6) is 5.75 Å². The van der Waals surface area contributed by atoms with Gasteiger partial charge in [-0.05, 0) is 35.4 Å². The number of nitrogens with zero attached hydrogens (tertiary/aromatic N) is 9. The molecule has 12 nitrogen and oxygen atoms in total. The van der Waals surface area contributed by atoms with Crippen LogP contribution in [0.25, 0.3) is 5.82 Å². The zero-order chi connectivity index (χ0) is 20.8. The number of hydrogen-bond donors (Lipinski definition) is 0. The Bertz CT molecular complexity index is 963. The molecule has 0 N–H and O–H groups in total. The van der Waals surface area contributed by atoms with Crippen LogP contribution in [0.3, 0.4) is 0 Å². The summed E-state index contributed by atoms with van der Waals surface area (Å²) in [4.78, 5) is 19.5. The van der Waals surface area contributed by atoms with Gasteiger partial charge in [-0.1, -0.05) is 12.7 Å². The number of carbonyl (C=O) groups is 1. The third-order valence-electron chi connectivity index (χ3n) is 4.62. The Morgan fingerprint density at radius 3 is 2.83 bits per heavy atom. The van der Waals surface area contributed by atoms with Gasteiger partial charge >= 0.3 is 6.09 Å². The van der Waals surface area contributed by atoms with Crippen LogP contribution in [0, 0.1) is 0 Å². The summed E-state index contributed by atoms with van der Waals surface area (Å²) in [5, 5.41) is 19.8. The molecule has 1 saturated heterocycles. The molecule has 0 spiro atoms. The second-order valence-electron chi connectivity index (χ2n) is 6.64. The zero-order valence-corrected chi connectivity index (χ0v) is 16.2. The van der Waals surface area contributed by atoms with Gasteiger partial charge in [-0.25, -0.2) is 9.78 Å². The molecule has 3 aromatic rings. The largest absolute Gasteiger partial charge is 0.486 e. The van der Waals surface area contributed by atoms with E-state index in [-0.39, 0.29) is 25.3 Å². The van der Waals surface area contributed by atoms with Gasteiger partial charge in [0.15, 0.2) is 5.82 Å². The van der Waals surface area contributed by atoms with E-state index >= 15 is 0 Å². The minimum atomic E-state index is -0.310. The highest BCUT2D eigenvalue weighted by atomic mass is 16.6. The molecule has 1 amide bonds. The van der Waals surface area contributed by atoms with Gasteiger partial charge in [-0.3, -0.25) is 0 Å². The minimum absolute atomic E-state index is 0.138. The highest BCUT2D eigenvalue weighted by molar-refractivity contribution is 5.67. The first-order valence-corrected chi connectivity index (χ1v) is 9.48. The van der Waals surface area contributed by atoms with Crippen molar-refractivity contribution in [2.45, 2.75) is 25.5 Å².